The summed E-state index contributed by atoms with van der Waals surface area (Å²) in [5.41, 5.74) is 1.21. The van der Waals surface area contributed by atoms with Gasteiger partial charge < -0.3 is 4.98 Å². The van der Waals surface area contributed by atoms with Gasteiger partial charge in [-0.15, -0.1) is 11.3 Å². The summed E-state index contributed by atoms with van der Waals surface area (Å²) in [6.07, 6.45) is 0. The second-order valence-corrected chi connectivity index (χ2v) is 7.88. The predicted molar refractivity (Wildman–Crippen MR) is 75.3 cm³/mol. The SMILES string of the molecule is Cc1csc(C(C)NS(=O)(=O)c2sc(=O)[nH]c2C)n1. The molecule has 0 aliphatic carbocycles. The maximum atomic E-state index is 12.2. The number of nitrogens with one attached hydrogen (secondary N) is 2. The quantitative estimate of drug-likeness (QED) is 0.894. The van der Waals surface area contributed by atoms with Gasteiger partial charge in [0, 0.05) is 16.8 Å². The van der Waals surface area contributed by atoms with Crippen LogP contribution in [-0.2, 0) is 10.0 Å². The van der Waals surface area contributed by atoms with Crippen LogP contribution in [0.3, 0.4) is 0 Å². The first-order valence-corrected chi connectivity index (χ1v) is 8.61. The minimum Gasteiger partial charge on any atom is -0.315 e. The summed E-state index contributed by atoms with van der Waals surface area (Å²) in [5.74, 6) is 0. The van der Waals surface area contributed by atoms with E-state index in [2.05, 4.69) is 14.7 Å². The Morgan fingerprint density at radius 2 is 2.11 bits per heavy atom. The minimum absolute atomic E-state index is 0.0256. The van der Waals surface area contributed by atoms with Gasteiger partial charge in [0.25, 0.3) is 10.0 Å². The zero-order valence-electron chi connectivity index (χ0n) is 10.6. The molecule has 2 heterocycles. The van der Waals surface area contributed by atoms with Crippen molar-refractivity contribution in [3.63, 3.8) is 0 Å². The van der Waals surface area contributed by atoms with Gasteiger partial charge >= 0.3 is 4.87 Å². The topological polar surface area (TPSA) is 91.9 Å². The first kappa shape index (κ1) is 14.4. The van der Waals surface area contributed by atoms with E-state index in [1.54, 1.807) is 13.8 Å². The van der Waals surface area contributed by atoms with Gasteiger partial charge in [0.05, 0.1) is 6.04 Å². The van der Waals surface area contributed by atoms with Crippen LogP contribution >= 0.6 is 22.7 Å². The molecule has 0 aliphatic heterocycles. The summed E-state index contributed by atoms with van der Waals surface area (Å²) < 4.78 is 26.9. The molecule has 2 aromatic heterocycles. The normalized spacial score (nSPS) is 13.6. The molecule has 0 aromatic carbocycles. The molecule has 19 heavy (non-hydrogen) atoms. The number of aromatic amines is 1. The lowest BCUT2D eigenvalue weighted by atomic mass is 10.4. The van der Waals surface area contributed by atoms with Crippen LogP contribution < -0.4 is 9.60 Å². The molecule has 2 rings (SSSR count). The number of H-pyrrole nitrogens is 1. The molecule has 1 unspecified atom stereocenters. The lowest BCUT2D eigenvalue weighted by molar-refractivity contribution is 0.567. The third-order valence-corrected chi connectivity index (χ3v) is 6.66. The van der Waals surface area contributed by atoms with Crippen molar-refractivity contribution in [2.24, 2.45) is 0 Å². The fourth-order valence-electron chi connectivity index (χ4n) is 1.55. The number of sulfonamides is 1. The zero-order valence-corrected chi connectivity index (χ0v) is 13.0. The van der Waals surface area contributed by atoms with E-state index < -0.39 is 16.1 Å². The molecule has 0 spiro atoms. The molecule has 0 fully saturated rings. The third kappa shape index (κ3) is 3.11. The van der Waals surface area contributed by atoms with E-state index in [9.17, 15) is 13.2 Å². The number of aromatic nitrogens is 2. The number of nitrogens with zero attached hydrogens (tertiary/aromatic N) is 1. The number of aryl methyl sites for hydroxylation is 2. The number of thiazole rings is 2. The molecular formula is C10H13N3O3S3. The molecule has 6 nitrogen and oxygen atoms in total. The number of hydrogen-bond acceptors (Lipinski definition) is 6. The van der Waals surface area contributed by atoms with Crippen LogP contribution in [0.2, 0.25) is 0 Å². The molecule has 0 amide bonds. The van der Waals surface area contributed by atoms with Crippen LogP contribution in [0, 0.1) is 13.8 Å². The van der Waals surface area contributed by atoms with Crippen LogP contribution in [0.15, 0.2) is 14.4 Å². The minimum atomic E-state index is -3.70. The van der Waals surface area contributed by atoms with Crippen LogP contribution in [0.25, 0.3) is 0 Å². The monoisotopic (exact) mass is 319 g/mol. The molecule has 0 aliphatic rings. The van der Waals surface area contributed by atoms with Gasteiger partial charge in [0.2, 0.25) is 0 Å². The first-order valence-electron chi connectivity index (χ1n) is 5.43. The molecule has 0 saturated heterocycles. The summed E-state index contributed by atoms with van der Waals surface area (Å²) in [6.45, 7) is 5.13. The molecule has 0 radical (unpaired) electrons. The average Bonchev–Trinajstić information content (AvgIpc) is 2.84. The molecule has 1 atom stereocenters. The van der Waals surface area contributed by atoms with Crippen molar-refractivity contribution in [2.75, 3.05) is 0 Å². The molecule has 2 aromatic rings. The maximum absolute atomic E-state index is 12.2. The van der Waals surface area contributed by atoms with Crippen molar-refractivity contribution < 1.29 is 8.42 Å². The summed E-state index contributed by atoms with van der Waals surface area (Å²) in [5, 5.41) is 2.56. The average molecular weight is 319 g/mol. The van der Waals surface area contributed by atoms with Gasteiger partial charge in [-0.25, -0.2) is 18.1 Å². The highest BCUT2D eigenvalue weighted by molar-refractivity contribution is 7.91. The van der Waals surface area contributed by atoms with Crippen LogP contribution in [0.1, 0.15) is 29.4 Å². The fourth-order valence-corrected chi connectivity index (χ4v) is 4.96. The molecule has 104 valence electrons. The Kier molecular flexibility index (Phi) is 3.90. The number of rotatable bonds is 4. The van der Waals surface area contributed by atoms with Crippen LogP contribution in [-0.4, -0.2) is 18.4 Å². The molecule has 9 heteroatoms. The van der Waals surface area contributed by atoms with E-state index >= 15 is 0 Å². The van der Waals surface area contributed by atoms with Gasteiger partial charge in [-0.2, -0.15) is 0 Å². The van der Waals surface area contributed by atoms with E-state index in [4.69, 9.17) is 0 Å². The second-order valence-electron chi connectivity index (χ2n) is 4.10. The van der Waals surface area contributed by atoms with Crippen molar-refractivity contribution in [3.05, 3.63) is 31.4 Å². The lowest BCUT2D eigenvalue weighted by Gasteiger charge is -2.10. The summed E-state index contributed by atoms with van der Waals surface area (Å²) >= 11 is 2.08. The van der Waals surface area contributed by atoms with Gasteiger partial charge in [-0.3, -0.25) is 4.79 Å². The fraction of sp³-hybridized carbons (Fsp3) is 0.400. The smallest absolute Gasteiger partial charge is 0.305 e. The molecule has 2 N–H and O–H groups in total. The highest BCUT2D eigenvalue weighted by atomic mass is 32.2. The Morgan fingerprint density at radius 1 is 1.42 bits per heavy atom. The second kappa shape index (κ2) is 5.16. The van der Waals surface area contributed by atoms with Crippen molar-refractivity contribution in [1.82, 2.24) is 14.7 Å². The summed E-state index contributed by atoms with van der Waals surface area (Å²) in [7, 11) is -3.70. The van der Waals surface area contributed by atoms with Crippen molar-refractivity contribution in [1.29, 1.82) is 0 Å². The Bertz CT molecular complexity index is 741. The van der Waals surface area contributed by atoms with Gasteiger partial charge in [-0.05, 0) is 20.8 Å². The predicted octanol–water partition coefficient (Wildman–Crippen LogP) is 1.55. The highest BCUT2D eigenvalue weighted by Crippen LogP contribution is 2.22. The van der Waals surface area contributed by atoms with E-state index in [0.717, 1.165) is 5.69 Å². The Morgan fingerprint density at radius 3 is 2.58 bits per heavy atom. The van der Waals surface area contributed by atoms with Crippen molar-refractivity contribution in [3.8, 4) is 0 Å². The lowest BCUT2D eigenvalue weighted by Crippen LogP contribution is -2.26. The van der Waals surface area contributed by atoms with Crippen LogP contribution in [0.5, 0.6) is 0 Å². The standard InChI is InChI=1S/C10H13N3O3S3/c1-5-4-17-8(11-5)6(2)13-19(15,16)9-7(3)12-10(14)18-9/h4,6,13H,1-3H3,(H,12,14). The van der Waals surface area contributed by atoms with Gasteiger partial charge in [-0.1, -0.05) is 11.3 Å². The largest absolute Gasteiger partial charge is 0.315 e. The van der Waals surface area contributed by atoms with E-state index in [0.29, 0.717) is 22.0 Å². The van der Waals surface area contributed by atoms with Gasteiger partial charge in [0.1, 0.15) is 5.01 Å². The van der Waals surface area contributed by atoms with E-state index in [1.807, 2.05) is 12.3 Å². The van der Waals surface area contributed by atoms with Crippen molar-refractivity contribution >= 4 is 32.7 Å². The summed E-state index contributed by atoms with van der Waals surface area (Å²) in [6, 6.07) is -0.430. The molecular weight excluding hydrogens is 306 g/mol. The zero-order chi connectivity index (χ0) is 14.2. The van der Waals surface area contributed by atoms with Crippen molar-refractivity contribution in [2.45, 2.75) is 31.0 Å². The third-order valence-electron chi connectivity index (χ3n) is 2.36. The summed E-state index contributed by atoms with van der Waals surface area (Å²) in [4.78, 5) is 17.5. The number of hydrogen-bond donors (Lipinski definition) is 2. The van der Waals surface area contributed by atoms with E-state index in [-0.39, 0.29) is 9.08 Å². The molecule has 0 saturated carbocycles. The molecule has 0 bridgehead atoms. The Hall–Kier alpha value is -1.03. The highest BCUT2D eigenvalue weighted by Gasteiger charge is 2.24. The van der Waals surface area contributed by atoms with Gasteiger partial charge in [0.15, 0.2) is 4.21 Å². The Labute approximate surface area is 118 Å². The Balaban J connectivity index is 2.27. The van der Waals surface area contributed by atoms with Crippen LogP contribution in [0.4, 0.5) is 0 Å². The first-order chi connectivity index (χ1) is 8.79. The van der Waals surface area contributed by atoms with E-state index in [1.165, 1.54) is 11.3 Å². The maximum Gasteiger partial charge on any atom is 0.305 e.